The minimum absolute atomic E-state index is 0.188. The molecule has 0 aliphatic carbocycles. The van der Waals surface area contributed by atoms with Gasteiger partial charge in [-0.1, -0.05) is 42.5 Å². The molecular weight excluding hydrogens is 223 g/mol. The lowest BCUT2D eigenvalue weighted by molar-refractivity contribution is 0.630. The first-order valence-corrected chi connectivity index (χ1v) is 5.99. The van der Waals surface area contributed by atoms with Crippen LogP contribution < -0.4 is 0 Å². The maximum Gasteiger partial charge on any atom is 0.123 e. The Kier molecular flexibility index (Phi) is 2.60. The zero-order chi connectivity index (χ0) is 12.5. The molecule has 3 aromatic rings. The van der Waals surface area contributed by atoms with Gasteiger partial charge in [0.25, 0.3) is 0 Å². The van der Waals surface area contributed by atoms with E-state index in [0.29, 0.717) is 0 Å². The molecule has 0 aromatic heterocycles. The Morgan fingerprint density at radius 3 is 2.33 bits per heavy atom. The van der Waals surface area contributed by atoms with Crippen LogP contribution in [0.1, 0.15) is 5.56 Å². The highest BCUT2D eigenvalue weighted by Crippen LogP contribution is 2.27. The van der Waals surface area contributed by atoms with Gasteiger partial charge < -0.3 is 0 Å². The van der Waals surface area contributed by atoms with E-state index in [1.807, 2.05) is 30.3 Å². The van der Waals surface area contributed by atoms with Crippen LogP contribution in [0.2, 0.25) is 0 Å². The average molecular weight is 236 g/mol. The highest BCUT2D eigenvalue weighted by atomic mass is 19.1. The van der Waals surface area contributed by atoms with Crippen molar-refractivity contribution in [2.24, 2.45) is 0 Å². The number of hydrogen-bond acceptors (Lipinski definition) is 0. The Balaban J connectivity index is 2.27. The van der Waals surface area contributed by atoms with Crippen molar-refractivity contribution in [3.8, 4) is 11.1 Å². The summed E-state index contributed by atoms with van der Waals surface area (Å²) < 4.78 is 13.3. The zero-order valence-electron chi connectivity index (χ0n) is 10.2. The standard InChI is InChI=1S/C17H13F/c1-12-9-14(13-5-3-2-4-6-13)10-15-11-16(18)7-8-17(12)15/h2-11H,1H3. The summed E-state index contributed by atoms with van der Waals surface area (Å²) in [6.45, 7) is 2.06. The van der Waals surface area contributed by atoms with Gasteiger partial charge in [0.1, 0.15) is 5.82 Å². The largest absolute Gasteiger partial charge is 0.207 e. The highest BCUT2D eigenvalue weighted by molar-refractivity contribution is 5.90. The zero-order valence-corrected chi connectivity index (χ0v) is 10.2. The van der Waals surface area contributed by atoms with Gasteiger partial charge >= 0.3 is 0 Å². The quantitative estimate of drug-likeness (QED) is 0.560. The Hall–Kier alpha value is -2.15. The average Bonchev–Trinajstić information content (AvgIpc) is 2.39. The third-order valence-electron chi connectivity index (χ3n) is 3.23. The summed E-state index contributed by atoms with van der Waals surface area (Å²) >= 11 is 0. The maximum absolute atomic E-state index is 13.3. The summed E-state index contributed by atoms with van der Waals surface area (Å²) in [5.74, 6) is -0.188. The predicted molar refractivity (Wildman–Crippen MR) is 74.1 cm³/mol. The minimum atomic E-state index is -0.188. The molecule has 0 fully saturated rings. The molecule has 0 unspecified atom stereocenters. The molecule has 0 nitrogen and oxygen atoms in total. The van der Waals surface area contributed by atoms with Crippen molar-refractivity contribution in [3.05, 3.63) is 72.0 Å². The summed E-state index contributed by atoms with van der Waals surface area (Å²) in [7, 11) is 0. The summed E-state index contributed by atoms with van der Waals surface area (Å²) in [4.78, 5) is 0. The molecular formula is C17H13F. The molecule has 0 aliphatic rings. The Labute approximate surface area is 106 Å². The topological polar surface area (TPSA) is 0 Å². The SMILES string of the molecule is Cc1cc(-c2ccccc2)cc2cc(F)ccc12. The molecule has 3 aromatic carbocycles. The fourth-order valence-corrected chi connectivity index (χ4v) is 2.33. The molecule has 3 rings (SSSR count). The smallest absolute Gasteiger partial charge is 0.123 e. The Morgan fingerprint density at radius 2 is 1.56 bits per heavy atom. The monoisotopic (exact) mass is 236 g/mol. The van der Waals surface area contributed by atoms with E-state index >= 15 is 0 Å². The van der Waals surface area contributed by atoms with Gasteiger partial charge in [0.05, 0.1) is 0 Å². The molecule has 0 saturated carbocycles. The molecule has 0 saturated heterocycles. The fraction of sp³-hybridized carbons (Fsp3) is 0.0588. The minimum Gasteiger partial charge on any atom is -0.207 e. The van der Waals surface area contributed by atoms with Crippen LogP contribution in [0.4, 0.5) is 4.39 Å². The van der Waals surface area contributed by atoms with Gasteiger partial charge in [-0.2, -0.15) is 0 Å². The molecule has 1 heteroatoms. The molecule has 0 spiro atoms. The maximum atomic E-state index is 13.3. The van der Waals surface area contributed by atoms with Crippen molar-refractivity contribution in [2.45, 2.75) is 6.92 Å². The lowest BCUT2D eigenvalue weighted by Crippen LogP contribution is -1.84. The molecule has 0 atom stereocenters. The van der Waals surface area contributed by atoms with Crippen molar-refractivity contribution in [2.75, 3.05) is 0 Å². The second kappa shape index (κ2) is 4.26. The van der Waals surface area contributed by atoms with Gasteiger partial charge in [0.2, 0.25) is 0 Å². The van der Waals surface area contributed by atoms with Gasteiger partial charge in [-0.3, -0.25) is 0 Å². The van der Waals surface area contributed by atoms with Gasteiger partial charge in [-0.15, -0.1) is 0 Å². The first-order valence-electron chi connectivity index (χ1n) is 5.99. The Bertz CT molecular complexity index is 699. The molecule has 18 heavy (non-hydrogen) atoms. The third-order valence-corrected chi connectivity index (χ3v) is 3.23. The van der Waals surface area contributed by atoms with Crippen molar-refractivity contribution in [1.29, 1.82) is 0 Å². The number of halogens is 1. The summed E-state index contributed by atoms with van der Waals surface area (Å²) in [6.07, 6.45) is 0. The van der Waals surface area contributed by atoms with Gasteiger partial charge in [-0.25, -0.2) is 4.39 Å². The van der Waals surface area contributed by atoms with E-state index < -0.39 is 0 Å². The van der Waals surface area contributed by atoms with Crippen LogP contribution in [-0.4, -0.2) is 0 Å². The normalized spacial score (nSPS) is 10.8. The number of aryl methyl sites for hydroxylation is 1. The van der Waals surface area contributed by atoms with Crippen LogP contribution in [-0.2, 0) is 0 Å². The molecule has 88 valence electrons. The molecule has 0 amide bonds. The second-order valence-corrected chi connectivity index (χ2v) is 4.52. The lowest BCUT2D eigenvalue weighted by atomic mass is 9.97. The van der Waals surface area contributed by atoms with Gasteiger partial charge in [0.15, 0.2) is 0 Å². The number of fused-ring (bicyclic) bond motifs is 1. The first-order chi connectivity index (χ1) is 8.74. The van der Waals surface area contributed by atoms with Crippen LogP contribution in [0.25, 0.3) is 21.9 Å². The summed E-state index contributed by atoms with van der Waals surface area (Å²) in [5, 5.41) is 2.06. The third kappa shape index (κ3) is 1.88. The van der Waals surface area contributed by atoms with E-state index in [1.54, 1.807) is 6.07 Å². The van der Waals surface area contributed by atoms with Crippen LogP contribution in [0.15, 0.2) is 60.7 Å². The summed E-state index contributed by atoms with van der Waals surface area (Å²) in [5.41, 5.74) is 3.46. The highest BCUT2D eigenvalue weighted by Gasteiger charge is 2.03. The van der Waals surface area contributed by atoms with Crippen molar-refractivity contribution < 1.29 is 4.39 Å². The lowest BCUT2D eigenvalue weighted by Gasteiger charge is -2.07. The molecule has 0 N–H and O–H groups in total. The van der Waals surface area contributed by atoms with Crippen LogP contribution >= 0.6 is 0 Å². The van der Waals surface area contributed by atoms with Crippen molar-refractivity contribution in [1.82, 2.24) is 0 Å². The van der Waals surface area contributed by atoms with E-state index in [4.69, 9.17) is 0 Å². The van der Waals surface area contributed by atoms with Crippen molar-refractivity contribution >= 4 is 10.8 Å². The van der Waals surface area contributed by atoms with E-state index in [1.165, 1.54) is 11.6 Å². The van der Waals surface area contributed by atoms with E-state index in [-0.39, 0.29) is 5.82 Å². The van der Waals surface area contributed by atoms with Crippen LogP contribution in [0, 0.1) is 12.7 Å². The van der Waals surface area contributed by atoms with E-state index in [0.717, 1.165) is 21.9 Å². The van der Waals surface area contributed by atoms with Crippen LogP contribution in [0.3, 0.4) is 0 Å². The van der Waals surface area contributed by atoms with Gasteiger partial charge in [-0.05, 0) is 52.6 Å². The summed E-state index contributed by atoms with van der Waals surface area (Å²) in [6, 6.07) is 19.3. The fourth-order valence-electron chi connectivity index (χ4n) is 2.33. The molecule has 0 radical (unpaired) electrons. The number of hydrogen-bond donors (Lipinski definition) is 0. The van der Waals surface area contributed by atoms with E-state index in [9.17, 15) is 4.39 Å². The van der Waals surface area contributed by atoms with Gasteiger partial charge in [0, 0.05) is 0 Å². The molecule has 0 bridgehead atoms. The second-order valence-electron chi connectivity index (χ2n) is 4.52. The first kappa shape index (κ1) is 11.0. The number of benzene rings is 3. The van der Waals surface area contributed by atoms with Crippen LogP contribution in [0.5, 0.6) is 0 Å². The molecule has 0 aliphatic heterocycles. The molecule has 0 heterocycles. The van der Waals surface area contributed by atoms with E-state index in [2.05, 4.69) is 25.1 Å². The number of rotatable bonds is 1. The predicted octanol–water partition coefficient (Wildman–Crippen LogP) is 4.95. The van der Waals surface area contributed by atoms with Crippen molar-refractivity contribution in [3.63, 3.8) is 0 Å². The Morgan fingerprint density at radius 1 is 0.778 bits per heavy atom.